The molecule has 1 aromatic carbocycles. The van der Waals surface area contributed by atoms with E-state index in [0.29, 0.717) is 5.56 Å². The van der Waals surface area contributed by atoms with Gasteiger partial charge in [-0.05, 0) is 12.1 Å². The first-order chi connectivity index (χ1) is 9.82. The Balaban J connectivity index is 2.35. The molecule has 0 bridgehead atoms. The van der Waals surface area contributed by atoms with E-state index in [2.05, 4.69) is 5.32 Å². The van der Waals surface area contributed by atoms with Crippen molar-refractivity contribution in [3.05, 3.63) is 28.8 Å². The fourth-order valence-corrected chi connectivity index (χ4v) is 4.08. The highest BCUT2D eigenvalue weighted by Gasteiger charge is 2.28. The van der Waals surface area contributed by atoms with Crippen molar-refractivity contribution in [3.63, 3.8) is 0 Å². The van der Waals surface area contributed by atoms with Crippen LogP contribution in [0.4, 0.5) is 0 Å². The number of nitrogens with one attached hydrogen (secondary N) is 1. The summed E-state index contributed by atoms with van der Waals surface area (Å²) in [7, 11) is -3.76. The summed E-state index contributed by atoms with van der Waals surface area (Å²) < 4.78 is 26.4. The molecule has 1 aromatic rings. The van der Waals surface area contributed by atoms with E-state index in [1.54, 1.807) is 0 Å². The number of hydrogen-bond donors (Lipinski definition) is 2. The number of thiocarbonyl (C=S) groups is 1. The monoisotopic (exact) mass is 347 g/mol. The molecule has 0 spiro atoms. The Kier molecular flexibility index (Phi) is 4.82. The van der Waals surface area contributed by atoms with Gasteiger partial charge in [0.2, 0.25) is 15.9 Å². The van der Waals surface area contributed by atoms with E-state index in [4.69, 9.17) is 29.6 Å². The van der Waals surface area contributed by atoms with Gasteiger partial charge in [0.05, 0.1) is 5.02 Å². The Hall–Kier alpha value is -1.22. The third kappa shape index (κ3) is 3.52. The summed E-state index contributed by atoms with van der Waals surface area (Å²) in [6, 6.07) is 4.33. The molecule has 114 valence electrons. The molecule has 1 amide bonds. The first-order valence-corrected chi connectivity index (χ1v) is 8.41. The largest absolute Gasteiger partial charge is 0.389 e. The smallest absolute Gasteiger partial charge is 0.244 e. The Morgan fingerprint density at radius 3 is 2.71 bits per heavy atom. The molecule has 0 aliphatic carbocycles. The highest BCUT2D eigenvalue weighted by atomic mass is 35.5. The van der Waals surface area contributed by atoms with Crippen molar-refractivity contribution in [2.75, 3.05) is 19.6 Å². The second kappa shape index (κ2) is 6.27. The number of nitrogens with zero attached hydrogens (tertiary/aromatic N) is 1. The van der Waals surface area contributed by atoms with E-state index in [1.807, 2.05) is 0 Å². The Bertz CT molecular complexity index is 691. The van der Waals surface area contributed by atoms with Crippen molar-refractivity contribution in [2.45, 2.75) is 11.3 Å². The molecule has 1 heterocycles. The molecule has 3 N–H and O–H groups in total. The van der Waals surface area contributed by atoms with Crippen LogP contribution in [0.5, 0.6) is 0 Å². The highest BCUT2D eigenvalue weighted by molar-refractivity contribution is 7.89. The molecule has 1 fully saturated rings. The molecule has 6 nitrogen and oxygen atoms in total. The van der Waals surface area contributed by atoms with Crippen LogP contribution in [0.15, 0.2) is 23.1 Å². The fourth-order valence-electron chi connectivity index (χ4n) is 1.99. The van der Waals surface area contributed by atoms with Crippen LogP contribution in [-0.2, 0) is 14.8 Å². The fraction of sp³-hybridized carbons (Fsp3) is 0.333. The lowest BCUT2D eigenvalue weighted by molar-refractivity contribution is -0.120. The molecule has 0 unspecified atom stereocenters. The van der Waals surface area contributed by atoms with E-state index in [9.17, 15) is 13.2 Å². The molecule has 0 aromatic heterocycles. The molecule has 21 heavy (non-hydrogen) atoms. The third-order valence-corrected chi connectivity index (χ3v) is 5.72. The first-order valence-electron chi connectivity index (χ1n) is 6.18. The van der Waals surface area contributed by atoms with Gasteiger partial charge in [-0.3, -0.25) is 4.79 Å². The average Bonchev–Trinajstić information content (AvgIpc) is 2.63. The maximum atomic E-state index is 12.6. The number of carbonyl (C=O) groups is 1. The van der Waals surface area contributed by atoms with Crippen molar-refractivity contribution in [3.8, 4) is 0 Å². The van der Waals surface area contributed by atoms with Gasteiger partial charge >= 0.3 is 0 Å². The number of benzene rings is 1. The van der Waals surface area contributed by atoms with Crippen molar-refractivity contribution < 1.29 is 13.2 Å². The molecule has 0 saturated carbocycles. The zero-order chi connectivity index (χ0) is 15.6. The molecule has 1 aliphatic heterocycles. The van der Waals surface area contributed by atoms with Gasteiger partial charge in [0.15, 0.2) is 0 Å². The topological polar surface area (TPSA) is 92.5 Å². The molecule has 2 rings (SSSR count). The highest BCUT2D eigenvalue weighted by Crippen LogP contribution is 2.26. The summed E-state index contributed by atoms with van der Waals surface area (Å²) in [5.41, 5.74) is 5.99. The predicted molar refractivity (Wildman–Crippen MR) is 83.7 cm³/mol. The van der Waals surface area contributed by atoms with E-state index in [0.717, 1.165) is 0 Å². The normalized spacial score (nSPS) is 17.1. The van der Waals surface area contributed by atoms with Gasteiger partial charge in [-0.15, -0.1) is 0 Å². The van der Waals surface area contributed by atoms with E-state index in [-0.39, 0.29) is 46.9 Å². The number of amides is 1. The molecule has 1 aliphatic rings. The number of sulfonamides is 1. The number of nitrogens with two attached hydrogens (primary N) is 1. The second-order valence-corrected chi connectivity index (χ2v) is 7.27. The predicted octanol–water partition coefficient (Wildman–Crippen LogP) is 0.485. The molecular formula is C12H14ClN3O3S2. The number of halogens is 1. The molecule has 0 radical (unpaired) electrons. The SMILES string of the molecule is NC(=S)c1ccc(S(=O)(=O)N2CCNC(=O)CC2)c(Cl)c1. The van der Waals surface area contributed by atoms with Gasteiger partial charge in [0, 0.05) is 31.6 Å². The maximum absolute atomic E-state index is 12.6. The van der Waals surface area contributed by atoms with Crippen LogP contribution in [-0.4, -0.2) is 43.3 Å². The number of rotatable bonds is 3. The second-order valence-electron chi connectivity index (χ2n) is 4.51. The van der Waals surface area contributed by atoms with E-state index in [1.165, 1.54) is 22.5 Å². The van der Waals surface area contributed by atoms with Crippen LogP contribution in [0, 0.1) is 0 Å². The van der Waals surface area contributed by atoms with E-state index < -0.39 is 10.0 Å². The number of hydrogen-bond acceptors (Lipinski definition) is 4. The Labute approximate surface area is 133 Å². The van der Waals surface area contributed by atoms with Crippen LogP contribution in [0.2, 0.25) is 5.02 Å². The number of carbonyl (C=O) groups excluding carboxylic acids is 1. The van der Waals surface area contributed by atoms with Crippen molar-refractivity contribution in [1.29, 1.82) is 0 Å². The quantitative estimate of drug-likeness (QED) is 0.776. The standard InChI is InChI=1S/C12H14ClN3O3S2/c13-9-7-8(12(14)20)1-2-10(9)21(18,19)16-5-3-11(17)15-4-6-16/h1-2,7H,3-6H2,(H2,14,20)(H,15,17). The zero-order valence-corrected chi connectivity index (χ0v) is 13.4. The maximum Gasteiger partial charge on any atom is 0.244 e. The van der Waals surface area contributed by atoms with Crippen molar-refractivity contribution in [1.82, 2.24) is 9.62 Å². The summed E-state index contributed by atoms with van der Waals surface area (Å²) in [6.07, 6.45) is 0.127. The average molecular weight is 348 g/mol. The van der Waals surface area contributed by atoms with E-state index >= 15 is 0 Å². The molecular weight excluding hydrogens is 334 g/mol. The molecule has 0 atom stereocenters. The van der Waals surface area contributed by atoms with Gasteiger partial charge in [0.1, 0.15) is 9.88 Å². The zero-order valence-electron chi connectivity index (χ0n) is 11.0. The Morgan fingerprint density at radius 1 is 1.38 bits per heavy atom. The summed E-state index contributed by atoms with van der Waals surface area (Å²) >= 11 is 10.9. The lowest BCUT2D eigenvalue weighted by Gasteiger charge is -2.20. The minimum absolute atomic E-state index is 0.0153. The van der Waals surface area contributed by atoms with Crippen molar-refractivity contribution in [2.24, 2.45) is 5.73 Å². The summed E-state index contributed by atoms with van der Waals surface area (Å²) in [4.78, 5) is 11.4. The lowest BCUT2D eigenvalue weighted by atomic mass is 10.2. The van der Waals surface area contributed by atoms with Gasteiger partial charge in [-0.2, -0.15) is 4.31 Å². The van der Waals surface area contributed by atoms with Crippen molar-refractivity contribution >= 4 is 44.7 Å². The van der Waals surface area contributed by atoms with Gasteiger partial charge in [-0.25, -0.2) is 8.42 Å². The van der Waals surface area contributed by atoms with Crippen LogP contribution >= 0.6 is 23.8 Å². The summed E-state index contributed by atoms with van der Waals surface area (Å²) in [5.74, 6) is -0.164. The van der Waals surface area contributed by atoms with Crippen LogP contribution in [0.3, 0.4) is 0 Å². The summed E-state index contributed by atoms with van der Waals surface area (Å²) in [5, 5.41) is 2.68. The minimum Gasteiger partial charge on any atom is -0.389 e. The van der Waals surface area contributed by atoms with Gasteiger partial charge in [-0.1, -0.05) is 29.9 Å². The lowest BCUT2D eigenvalue weighted by Crippen LogP contribution is -2.34. The Morgan fingerprint density at radius 2 is 2.10 bits per heavy atom. The molecule has 9 heteroatoms. The van der Waals surface area contributed by atoms with Crippen LogP contribution in [0.1, 0.15) is 12.0 Å². The molecule has 1 saturated heterocycles. The first kappa shape index (κ1) is 16.2. The van der Waals surface area contributed by atoms with Gasteiger partial charge < -0.3 is 11.1 Å². The van der Waals surface area contributed by atoms with Crippen LogP contribution in [0.25, 0.3) is 0 Å². The van der Waals surface area contributed by atoms with Crippen LogP contribution < -0.4 is 11.1 Å². The minimum atomic E-state index is -3.76. The third-order valence-electron chi connectivity index (χ3n) is 3.11. The van der Waals surface area contributed by atoms with Gasteiger partial charge in [0.25, 0.3) is 0 Å². The summed E-state index contributed by atoms with van der Waals surface area (Å²) in [6.45, 7) is 0.615.